The predicted molar refractivity (Wildman–Crippen MR) is 17.9 cm³/mol. The molecule has 0 heterocycles. The van der Waals surface area contributed by atoms with Crippen molar-refractivity contribution in [1.29, 1.82) is 0 Å². The van der Waals surface area contributed by atoms with Gasteiger partial charge in [0.25, 0.3) is 0 Å². The number of rotatable bonds is 0. The van der Waals surface area contributed by atoms with Crippen molar-refractivity contribution in [3.63, 3.8) is 0 Å². The van der Waals surface area contributed by atoms with Gasteiger partial charge in [0.1, 0.15) is 0 Å². The van der Waals surface area contributed by atoms with Crippen molar-refractivity contribution in [3.05, 3.63) is 0 Å². The zero-order valence-corrected chi connectivity index (χ0v) is 3.79. The van der Waals surface area contributed by atoms with Crippen LogP contribution in [0, 0.1) is 0 Å². The Morgan fingerprint density at radius 3 is 1.00 bits per heavy atom. The predicted octanol–water partition coefficient (Wildman–Crippen LogP) is -3.27. The van der Waals surface area contributed by atoms with Crippen molar-refractivity contribution >= 4 is 0 Å². The lowest BCUT2D eigenvalue weighted by molar-refractivity contribution is -0.325. The number of hydrogen-bond donors (Lipinski definition) is 2. The first kappa shape index (κ1) is 106. The van der Waals surface area contributed by atoms with Gasteiger partial charge < -0.3 is 22.1 Å². The van der Waals surface area contributed by atoms with E-state index in [9.17, 15) is 0 Å². The summed E-state index contributed by atoms with van der Waals surface area (Å²) in [7, 11) is 0.750. The lowest BCUT2D eigenvalue weighted by Crippen LogP contribution is -3.00. The van der Waals surface area contributed by atoms with Crippen LogP contribution in [0.1, 0.15) is 0 Å². The molecule has 0 aliphatic carbocycles. The topological polar surface area (TPSA) is 96.1 Å². The van der Waals surface area contributed by atoms with Gasteiger partial charge in [-0.15, -0.1) is 0 Å². The monoisotopic (exact) mass is 86.1 g/mol. The zero-order valence-electron chi connectivity index (χ0n) is 3.79. The summed E-state index contributed by atoms with van der Waals surface area (Å²) >= 11 is 0. The molecule has 0 bridgehead atoms. The molecule has 0 spiro atoms. The molecular formula is CH11FN2O. The van der Waals surface area contributed by atoms with Crippen LogP contribution in [-0.2, 0) is 0 Å². The average molecular weight is 86.1 g/mol. The SMILES string of the molecule is C[O-].[F-].[NH4+].[NH4+]. The molecule has 5 heavy (non-hydrogen) atoms. The van der Waals surface area contributed by atoms with Gasteiger partial charge in [0.15, 0.2) is 0 Å². The molecule has 8 N–H and O–H groups in total. The van der Waals surface area contributed by atoms with Gasteiger partial charge in [-0.05, 0) is 0 Å². The third kappa shape index (κ3) is 346. The Morgan fingerprint density at radius 1 is 1.00 bits per heavy atom. The minimum absolute atomic E-state index is 0. The maximum atomic E-state index is 8.25. The molecule has 0 aromatic heterocycles. The molecule has 0 saturated carbocycles. The van der Waals surface area contributed by atoms with Crippen molar-refractivity contribution in [2.45, 2.75) is 0 Å². The average Bonchev–Trinajstić information content (AvgIpc) is 1.00. The largest absolute Gasteiger partial charge is 1.00 e. The van der Waals surface area contributed by atoms with Crippen LogP contribution < -0.4 is 22.1 Å². The van der Waals surface area contributed by atoms with E-state index in [0.29, 0.717) is 0 Å². The summed E-state index contributed by atoms with van der Waals surface area (Å²) in [6, 6.07) is 0. The second-order valence-electron chi connectivity index (χ2n) is 0. The molecule has 0 fully saturated rings. The van der Waals surface area contributed by atoms with Gasteiger partial charge in [-0.25, -0.2) is 0 Å². The van der Waals surface area contributed by atoms with Gasteiger partial charge in [-0.2, -0.15) is 7.11 Å². The summed E-state index contributed by atoms with van der Waals surface area (Å²) in [6.45, 7) is 0. The minimum atomic E-state index is 0. The molecule has 0 aliphatic heterocycles. The van der Waals surface area contributed by atoms with Crippen LogP contribution in [0.4, 0.5) is 0 Å². The van der Waals surface area contributed by atoms with Crippen molar-refractivity contribution < 1.29 is 9.81 Å². The molecule has 0 rings (SSSR count). The van der Waals surface area contributed by atoms with E-state index in [0.717, 1.165) is 7.11 Å². The second kappa shape index (κ2) is 833. The van der Waals surface area contributed by atoms with E-state index in [1.54, 1.807) is 0 Å². The summed E-state index contributed by atoms with van der Waals surface area (Å²) in [5.74, 6) is 0. The van der Waals surface area contributed by atoms with Gasteiger partial charge in [0, 0.05) is 0 Å². The molecule has 3 nitrogen and oxygen atoms in total. The van der Waals surface area contributed by atoms with E-state index in [4.69, 9.17) is 5.11 Å². The highest BCUT2D eigenvalue weighted by Crippen LogP contribution is 0.419. The lowest BCUT2D eigenvalue weighted by Gasteiger charge is -1.57. The molecule has 38 valence electrons. The molecule has 0 aliphatic rings. The summed E-state index contributed by atoms with van der Waals surface area (Å²) in [5.41, 5.74) is 0. The quantitative estimate of drug-likeness (QED) is 0.318. The molecule has 0 saturated heterocycles. The summed E-state index contributed by atoms with van der Waals surface area (Å²) in [5, 5.41) is 8.25. The Morgan fingerprint density at radius 2 is 1.00 bits per heavy atom. The van der Waals surface area contributed by atoms with Crippen molar-refractivity contribution in [3.8, 4) is 0 Å². The van der Waals surface area contributed by atoms with E-state index in [2.05, 4.69) is 0 Å². The number of hydrogen-bond acceptors (Lipinski definition) is 1. The third-order valence-corrected chi connectivity index (χ3v) is 0. The molecule has 0 radical (unpaired) electrons. The molecule has 4 heteroatoms. The summed E-state index contributed by atoms with van der Waals surface area (Å²) < 4.78 is 0. The molecule has 0 aromatic rings. The van der Waals surface area contributed by atoms with E-state index in [1.165, 1.54) is 0 Å². The fourth-order valence-electron chi connectivity index (χ4n) is 0. The van der Waals surface area contributed by atoms with Crippen molar-refractivity contribution in [1.82, 2.24) is 12.3 Å². The summed E-state index contributed by atoms with van der Waals surface area (Å²) in [4.78, 5) is 0. The fraction of sp³-hybridized carbons (Fsp3) is 1.00. The summed E-state index contributed by atoms with van der Waals surface area (Å²) in [6.07, 6.45) is 0. The van der Waals surface area contributed by atoms with Crippen LogP contribution in [0.3, 0.4) is 0 Å². The molecule has 0 atom stereocenters. The van der Waals surface area contributed by atoms with Crippen molar-refractivity contribution in [2.75, 3.05) is 7.11 Å². The van der Waals surface area contributed by atoms with E-state index >= 15 is 0 Å². The van der Waals surface area contributed by atoms with Crippen LogP contribution in [0.5, 0.6) is 0 Å². The molecule has 0 aromatic carbocycles. The molecular weight excluding hydrogens is 75.0 g/mol. The first-order chi connectivity index (χ1) is 1.00. The Kier molecular flexibility index (Phi) is 17700. The second-order valence-corrected chi connectivity index (χ2v) is 0. The highest BCUT2D eigenvalue weighted by atomic mass is 19.0. The maximum absolute atomic E-state index is 8.25. The zero-order chi connectivity index (χ0) is 2.00. The van der Waals surface area contributed by atoms with Crippen LogP contribution in [-0.4, -0.2) is 7.11 Å². The number of halogens is 1. The van der Waals surface area contributed by atoms with E-state index < -0.39 is 0 Å². The fourth-order valence-corrected chi connectivity index (χ4v) is 0. The Hall–Kier alpha value is -0.190. The standard InChI is InChI=1S/CH3O.FH.2H3N/c1-2;;;/h1H3;1H;2*1H3/q-1;;;/p+1. The highest BCUT2D eigenvalue weighted by molar-refractivity contribution is 3.08. The van der Waals surface area contributed by atoms with Gasteiger partial charge in [-0.1, -0.05) is 0 Å². The van der Waals surface area contributed by atoms with Gasteiger partial charge in [-0.3, -0.25) is 0 Å². The Bertz CT molecular complexity index is 9.61. The smallest absolute Gasteiger partial charge is 0.153 e. The molecule has 0 unspecified atom stereocenters. The lowest BCUT2D eigenvalue weighted by atomic mass is 11.8. The number of quaternary nitrogens is 2. The van der Waals surface area contributed by atoms with Crippen LogP contribution in [0.15, 0.2) is 0 Å². The van der Waals surface area contributed by atoms with Crippen LogP contribution >= 0.6 is 0 Å². The first-order valence-electron chi connectivity index (χ1n) is 0.408. The normalized spacial score (nSPS) is 1.20. The van der Waals surface area contributed by atoms with Gasteiger partial charge in [0.2, 0.25) is 0 Å². The molecule has 0 amide bonds. The van der Waals surface area contributed by atoms with Gasteiger partial charge >= 0.3 is 0 Å². The van der Waals surface area contributed by atoms with E-state index in [-0.39, 0.29) is 17.0 Å². The van der Waals surface area contributed by atoms with Crippen LogP contribution in [0.2, 0.25) is 0 Å². The van der Waals surface area contributed by atoms with Gasteiger partial charge in [0.05, 0.1) is 0 Å². The first-order valence-corrected chi connectivity index (χ1v) is 0.408. The maximum Gasteiger partial charge on any atom is -0.153 e. The van der Waals surface area contributed by atoms with E-state index in [1.807, 2.05) is 0 Å². The minimum Gasteiger partial charge on any atom is -1.00 e. The highest BCUT2D eigenvalue weighted by Gasteiger charge is 0.555. The third-order valence-electron chi connectivity index (χ3n) is 0. The Balaban J connectivity index is -0.00000000167. The van der Waals surface area contributed by atoms with Crippen LogP contribution in [0.25, 0.3) is 0 Å². The Labute approximate surface area is 30.5 Å². The van der Waals surface area contributed by atoms with Crippen molar-refractivity contribution in [2.24, 2.45) is 0 Å².